The SMILES string of the molecule is COc1ccc(OS(=O)(=O)c2ccccc2)c(C=O)c1OC. The van der Waals surface area contributed by atoms with E-state index >= 15 is 0 Å². The Hall–Kier alpha value is -2.54. The highest BCUT2D eigenvalue weighted by atomic mass is 32.2. The molecule has 2 aromatic carbocycles. The first kappa shape index (κ1) is 15.8. The molecule has 6 nitrogen and oxygen atoms in total. The predicted octanol–water partition coefficient (Wildman–Crippen LogP) is 2.28. The summed E-state index contributed by atoms with van der Waals surface area (Å²) in [4.78, 5) is 11.3. The molecule has 0 atom stereocenters. The van der Waals surface area contributed by atoms with Gasteiger partial charge in [-0.25, -0.2) is 0 Å². The van der Waals surface area contributed by atoms with Crippen LogP contribution in [0, 0.1) is 0 Å². The molecule has 0 aliphatic carbocycles. The third kappa shape index (κ3) is 3.04. The van der Waals surface area contributed by atoms with Gasteiger partial charge in [-0.3, -0.25) is 4.79 Å². The van der Waals surface area contributed by atoms with Crippen LogP contribution in [0.5, 0.6) is 17.2 Å². The van der Waals surface area contributed by atoms with Crippen LogP contribution >= 0.6 is 0 Å². The monoisotopic (exact) mass is 322 g/mol. The molecule has 0 fully saturated rings. The highest BCUT2D eigenvalue weighted by Gasteiger charge is 2.22. The molecule has 22 heavy (non-hydrogen) atoms. The molecule has 0 spiro atoms. The molecule has 0 aromatic heterocycles. The van der Waals surface area contributed by atoms with E-state index in [9.17, 15) is 13.2 Å². The number of methoxy groups -OCH3 is 2. The molecule has 2 rings (SSSR count). The lowest BCUT2D eigenvalue weighted by molar-refractivity contribution is 0.111. The van der Waals surface area contributed by atoms with Crippen molar-refractivity contribution in [1.29, 1.82) is 0 Å². The average Bonchev–Trinajstić information content (AvgIpc) is 2.54. The molecular formula is C15H14O6S. The normalized spacial score (nSPS) is 10.8. The maximum absolute atomic E-state index is 12.2. The van der Waals surface area contributed by atoms with Crippen molar-refractivity contribution in [2.45, 2.75) is 4.90 Å². The van der Waals surface area contributed by atoms with E-state index < -0.39 is 10.1 Å². The molecule has 0 heterocycles. The minimum Gasteiger partial charge on any atom is -0.493 e. The summed E-state index contributed by atoms with van der Waals surface area (Å²) in [5.74, 6) is 0.281. The van der Waals surface area contributed by atoms with E-state index in [0.29, 0.717) is 12.0 Å². The van der Waals surface area contributed by atoms with Gasteiger partial charge in [0.15, 0.2) is 23.5 Å². The van der Waals surface area contributed by atoms with Gasteiger partial charge in [-0.05, 0) is 24.3 Å². The lowest BCUT2D eigenvalue weighted by Gasteiger charge is -2.14. The van der Waals surface area contributed by atoms with Crippen molar-refractivity contribution in [2.75, 3.05) is 14.2 Å². The van der Waals surface area contributed by atoms with Gasteiger partial charge >= 0.3 is 10.1 Å². The third-order valence-corrected chi connectivity index (χ3v) is 4.14. The highest BCUT2D eigenvalue weighted by Crippen LogP contribution is 2.37. The van der Waals surface area contributed by atoms with Crippen LogP contribution < -0.4 is 13.7 Å². The van der Waals surface area contributed by atoms with E-state index in [-0.39, 0.29) is 22.0 Å². The number of carbonyl (C=O) groups is 1. The standard InChI is InChI=1S/C15H14O6S/c1-19-14-9-8-13(12(10-16)15(14)20-2)21-22(17,18)11-6-4-3-5-7-11/h3-10H,1-2H3. The minimum atomic E-state index is -4.05. The number of aldehydes is 1. The van der Waals surface area contributed by atoms with Gasteiger partial charge < -0.3 is 13.7 Å². The Kier molecular flexibility index (Phi) is 4.67. The van der Waals surface area contributed by atoms with Crippen molar-refractivity contribution < 1.29 is 26.9 Å². The molecule has 0 amide bonds. The van der Waals surface area contributed by atoms with Crippen LogP contribution in [0.1, 0.15) is 10.4 Å². The van der Waals surface area contributed by atoms with Crippen molar-refractivity contribution in [1.82, 2.24) is 0 Å². The summed E-state index contributed by atoms with van der Waals surface area (Å²) in [5, 5.41) is 0. The van der Waals surface area contributed by atoms with E-state index in [2.05, 4.69) is 0 Å². The van der Waals surface area contributed by atoms with Crippen molar-refractivity contribution >= 4 is 16.4 Å². The fourth-order valence-electron chi connectivity index (χ4n) is 1.87. The Bertz CT molecular complexity index is 768. The van der Waals surface area contributed by atoms with Crippen LogP contribution in [0.25, 0.3) is 0 Å². The molecule has 0 aliphatic heterocycles. The third-order valence-electron chi connectivity index (χ3n) is 2.89. The molecule has 2 aromatic rings. The maximum Gasteiger partial charge on any atom is 0.339 e. The summed E-state index contributed by atoms with van der Waals surface area (Å²) in [6.45, 7) is 0. The van der Waals surface area contributed by atoms with Crippen LogP contribution in [-0.2, 0) is 10.1 Å². The van der Waals surface area contributed by atoms with Gasteiger partial charge in [-0.2, -0.15) is 8.42 Å². The Morgan fingerprint density at radius 2 is 1.55 bits per heavy atom. The van der Waals surface area contributed by atoms with Crippen molar-refractivity contribution in [3.05, 3.63) is 48.0 Å². The molecule has 116 valence electrons. The topological polar surface area (TPSA) is 78.9 Å². The molecule has 0 bridgehead atoms. The van der Waals surface area contributed by atoms with Gasteiger partial charge in [0.05, 0.1) is 14.2 Å². The van der Waals surface area contributed by atoms with Gasteiger partial charge in [-0.15, -0.1) is 0 Å². The second-order valence-electron chi connectivity index (χ2n) is 4.18. The van der Waals surface area contributed by atoms with Crippen molar-refractivity contribution in [2.24, 2.45) is 0 Å². The Morgan fingerprint density at radius 3 is 2.09 bits per heavy atom. The molecule has 0 N–H and O–H groups in total. The van der Waals surface area contributed by atoms with Gasteiger partial charge in [0.1, 0.15) is 10.5 Å². The number of rotatable bonds is 6. The second kappa shape index (κ2) is 6.48. The second-order valence-corrected chi connectivity index (χ2v) is 5.73. The lowest BCUT2D eigenvalue weighted by atomic mass is 10.2. The zero-order valence-corrected chi connectivity index (χ0v) is 12.8. The van der Waals surface area contributed by atoms with Gasteiger partial charge in [-0.1, -0.05) is 18.2 Å². The fourth-order valence-corrected chi connectivity index (χ4v) is 2.84. The predicted molar refractivity (Wildman–Crippen MR) is 79.2 cm³/mol. The van der Waals surface area contributed by atoms with Crippen molar-refractivity contribution in [3.8, 4) is 17.2 Å². The quantitative estimate of drug-likeness (QED) is 0.600. The molecule has 0 saturated heterocycles. The largest absolute Gasteiger partial charge is 0.493 e. The number of benzene rings is 2. The zero-order chi connectivity index (χ0) is 16.2. The summed E-state index contributed by atoms with van der Waals surface area (Å²) in [6, 6.07) is 10.4. The smallest absolute Gasteiger partial charge is 0.339 e. The van der Waals surface area contributed by atoms with Crippen LogP contribution in [0.3, 0.4) is 0 Å². The lowest BCUT2D eigenvalue weighted by Crippen LogP contribution is -2.11. The zero-order valence-electron chi connectivity index (χ0n) is 12.0. The first-order valence-corrected chi connectivity index (χ1v) is 7.64. The molecule has 7 heteroatoms. The molecule has 0 saturated carbocycles. The number of hydrogen-bond donors (Lipinski definition) is 0. The number of hydrogen-bond acceptors (Lipinski definition) is 6. The van der Waals surface area contributed by atoms with Crippen molar-refractivity contribution in [3.63, 3.8) is 0 Å². The van der Waals surface area contributed by atoms with E-state index in [1.54, 1.807) is 18.2 Å². The summed E-state index contributed by atoms with van der Waals surface area (Å²) >= 11 is 0. The first-order chi connectivity index (χ1) is 10.5. The van der Waals surface area contributed by atoms with E-state index in [0.717, 1.165) is 0 Å². The highest BCUT2D eigenvalue weighted by molar-refractivity contribution is 7.87. The average molecular weight is 322 g/mol. The van der Waals surface area contributed by atoms with E-state index in [1.165, 1.54) is 38.5 Å². The molecular weight excluding hydrogens is 308 g/mol. The van der Waals surface area contributed by atoms with Crippen LogP contribution in [0.15, 0.2) is 47.4 Å². The van der Waals surface area contributed by atoms with Gasteiger partial charge in [0.2, 0.25) is 0 Å². The summed E-state index contributed by atoms with van der Waals surface area (Å²) in [6.07, 6.45) is 0.456. The first-order valence-electron chi connectivity index (χ1n) is 6.23. The molecule has 0 unspecified atom stereocenters. The minimum absolute atomic E-state index is 0.0124. The Balaban J connectivity index is 2.48. The number of carbonyl (C=O) groups excluding carboxylic acids is 1. The van der Waals surface area contributed by atoms with Crippen LogP contribution in [0.2, 0.25) is 0 Å². The van der Waals surface area contributed by atoms with E-state index in [4.69, 9.17) is 13.7 Å². The maximum atomic E-state index is 12.2. The number of ether oxygens (including phenoxy) is 2. The molecule has 0 radical (unpaired) electrons. The van der Waals surface area contributed by atoms with Crippen LogP contribution in [0.4, 0.5) is 0 Å². The summed E-state index contributed by atoms with van der Waals surface area (Å²) < 4.78 is 39.6. The fraction of sp³-hybridized carbons (Fsp3) is 0.133. The Morgan fingerprint density at radius 1 is 0.909 bits per heavy atom. The summed E-state index contributed by atoms with van der Waals surface area (Å²) in [7, 11) is -1.29. The van der Waals surface area contributed by atoms with Crippen LogP contribution in [-0.4, -0.2) is 28.9 Å². The molecule has 0 aliphatic rings. The van der Waals surface area contributed by atoms with E-state index in [1.807, 2.05) is 0 Å². The Labute approximate surface area is 128 Å². The van der Waals surface area contributed by atoms with Gasteiger partial charge in [0.25, 0.3) is 0 Å². The van der Waals surface area contributed by atoms with Gasteiger partial charge in [0, 0.05) is 0 Å². The summed E-state index contributed by atoms with van der Waals surface area (Å²) in [5.41, 5.74) is -0.0404.